The van der Waals surface area contributed by atoms with Crippen LogP contribution in [0.15, 0.2) is 23.1 Å². The van der Waals surface area contributed by atoms with Crippen molar-refractivity contribution in [3.8, 4) is 0 Å². The summed E-state index contributed by atoms with van der Waals surface area (Å²) in [5, 5.41) is 0. The van der Waals surface area contributed by atoms with Crippen LogP contribution in [0, 0.1) is 13.8 Å². The zero-order valence-corrected chi connectivity index (χ0v) is 11.3. The second-order valence-electron chi connectivity index (χ2n) is 3.76. The highest BCUT2D eigenvalue weighted by Gasteiger charge is 2.20. The first-order chi connectivity index (χ1) is 7.39. The van der Waals surface area contributed by atoms with E-state index in [0.717, 1.165) is 11.1 Å². The van der Waals surface area contributed by atoms with E-state index in [-0.39, 0.29) is 0 Å². The Bertz CT molecular complexity index is 471. The van der Waals surface area contributed by atoms with Gasteiger partial charge in [-0.2, -0.15) is 4.31 Å². The molecule has 0 bridgehead atoms. The molecule has 0 spiro atoms. The van der Waals surface area contributed by atoms with E-state index >= 15 is 0 Å². The van der Waals surface area contributed by atoms with Crippen LogP contribution in [0.4, 0.5) is 0 Å². The van der Waals surface area contributed by atoms with E-state index in [9.17, 15) is 8.42 Å². The molecule has 0 fully saturated rings. The molecule has 90 valence electrons. The van der Waals surface area contributed by atoms with Crippen LogP contribution in [-0.4, -0.2) is 32.2 Å². The van der Waals surface area contributed by atoms with E-state index in [1.165, 1.54) is 11.4 Å². The van der Waals surface area contributed by atoms with Crippen molar-refractivity contribution >= 4 is 21.6 Å². The Morgan fingerprint density at radius 1 is 1.25 bits per heavy atom. The molecule has 0 heterocycles. The van der Waals surface area contributed by atoms with Crippen LogP contribution in [0.2, 0.25) is 0 Å². The van der Waals surface area contributed by atoms with Crippen LogP contribution in [0.1, 0.15) is 11.1 Å². The molecule has 16 heavy (non-hydrogen) atoms. The number of aryl methyl sites for hydroxylation is 2. The van der Waals surface area contributed by atoms with Crippen molar-refractivity contribution in [1.82, 2.24) is 4.31 Å². The molecule has 0 unspecified atom stereocenters. The fraction of sp³-hybridized carbons (Fsp3) is 0.455. The molecular weight excluding hydrogens is 246 g/mol. The van der Waals surface area contributed by atoms with Gasteiger partial charge in [0.15, 0.2) is 0 Å². The van der Waals surface area contributed by atoms with E-state index in [0.29, 0.717) is 17.3 Å². The van der Waals surface area contributed by atoms with Gasteiger partial charge >= 0.3 is 0 Å². The Labute approximate surface area is 102 Å². The Balaban J connectivity index is 3.12. The van der Waals surface area contributed by atoms with Gasteiger partial charge in [-0.3, -0.25) is 0 Å². The van der Waals surface area contributed by atoms with Gasteiger partial charge in [-0.25, -0.2) is 8.42 Å². The number of nitrogens with zero attached hydrogens (tertiary/aromatic N) is 1. The molecule has 5 heteroatoms. The summed E-state index contributed by atoms with van der Waals surface area (Å²) < 4.78 is 25.4. The highest BCUT2D eigenvalue weighted by atomic mass is 35.5. The van der Waals surface area contributed by atoms with Gasteiger partial charge in [0.2, 0.25) is 10.0 Å². The fourth-order valence-corrected chi connectivity index (χ4v) is 2.90. The predicted molar refractivity (Wildman–Crippen MR) is 66.5 cm³/mol. The molecule has 0 saturated carbocycles. The van der Waals surface area contributed by atoms with E-state index in [1.54, 1.807) is 12.1 Å². The van der Waals surface area contributed by atoms with Gasteiger partial charge < -0.3 is 0 Å². The fourth-order valence-electron chi connectivity index (χ4n) is 1.29. The average Bonchev–Trinajstić information content (AvgIpc) is 2.22. The van der Waals surface area contributed by atoms with Crippen molar-refractivity contribution in [2.75, 3.05) is 19.5 Å². The minimum atomic E-state index is -3.39. The average molecular weight is 262 g/mol. The van der Waals surface area contributed by atoms with E-state index in [1.807, 2.05) is 19.9 Å². The molecule has 0 aliphatic rings. The predicted octanol–water partition coefficient (Wildman–Crippen LogP) is 2.16. The quantitative estimate of drug-likeness (QED) is 0.779. The van der Waals surface area contributed by atoms with Gasteiger partial charge in [-0.1, -0.05) is 6.07 Å². The first kappa shape index (κ1) is 13.5. The third-order valence-corrected chi connectivity index (χ3v) is 4.61. The lowest BCUT2D eigenvalue weighted by Crippen LogP contribution is -2.28. The lowest BCUT2D eigenvalue weighted by molar-refractivity contribution is 0.488. The summed E-state index contributed by atoms with van der Waals surface area (Å²) >= 11 is 5.54. The van der Waals surface area contributed by atoms with Gasteiger partial charge in [0, 0.05) is 19.5 Å². The number of halogens is 1. The van der Waals surface area contributed by atoms with Crippen LogP contribution in [0.25, 0.3) is 0 Å². The lowest BCUT2D eigenvalue weighted by Gasteiger charge is -2.16. The molecular formula is C11H16ClNO2S. The van der Waals surface area contributed by atoms with E-state index < -0.39 is 10.0 Å². The Hall–Kier alpha value is -0.580. The Morgan fingerprint density at radius 3 is 2.38 bits per heavy atom. The summed E-state index contributed by atoms with van der Waals surface area (Å²) in [7, 11) is -1.86. The van der Waals surface area contributed by atoms with Crippen LogP contribution < -0.4 is 0 Å². The summed E-state index contributed by atoms with van der Waals surface area (Å²) in [5.74, 6) is 0.292. The smallest absolute Gasteiger partial charge is 0.207 e. The van der Waals surface area contributed by atoms with Crippen LogP contribution in [0.5, 0.6) is 0 Å². The van der Waals surface area contributed by atoms with Gasteiger partial charge in [0.1, 0.15) is 0 Å². The SMILES string of the molecule is Cc1ccc(S(=O)(=O)N(C)CCCl)cc1C. The maximum Gasteiger partial charge on any atom is 0.242 e. The molecule has 0 radical (unpaired) electrons. The molecule has 0 aliphatic carbocycles. The second kappa shape index (κ2) is 5.17. The minimum Gasteiger partial charge on any atom is -0.207 e. The maximum atomic E-state index is 12.1. The molecule has 0 N–H and O–H groups in total. The van der Waals surface area contributed by atoms with Gasteiger partial charge in [-0.05, 0) is 37.1 Å². The molecule has 0 aliphatic heterocycles. The van der Waals surface area contributed by atoms with Gasteiger partial charge in [-0.15, -0.1) is 11.6 Å². The second-order valence-corrected chi connectivity index (χ2v) is 6.18. The summed E-state index contributed by atoms with van der Waals surface area (Å²) in [6.07, 6.45) is 0. The highest BCUT2D eigenvalue weighted by molar-refractivity contribution is 7.89. The third-order valence-electron chi connectivity index (χ3n) is 2.59. The number of sulfonamides is 1. The third kappa shape index (κ3) is 2.75. The summed E-state index contributed by atoms with van der Waals surface area (Å²) in [5.41, 5.74) is 2.05. The van der Waals surface area contributed by atoms with Crippen molar-refractivity contribution in [3.63, 3.8) is 0 Å². The normalized spacial score (nSPS) is 12.1. The number of hydrogen-bond acceptors (Lipinski definition) is 2. The number of rotatable bonds is 4. The first-order valence-corrected chi connectivity index (χ1v) is 6.96. The Kier molecular flexibility index (Phi) is 4.35. The van der Waals surface area contributed by atoms with Gasteiger partial charge in [0.25, 0.3) is 0 Å². The summed E-state index contributed by atoms with van der Waals surface area (Å²) in [4.78, 5) is 0.322. The highest BCUT2D eigenvalue weighted by Crippen LogP contribution is 2.17. The lowest BCUT2D eigenvalue weighted by atomic mass is 10.1. The summed E-state index contributed by atoms with van der Waals surface area (Å²) in [6.45, 7) is 4.17. The largest absolute Gasteiger partial charge is 0.242 e. The number of benzene rings is 1. The van der Waals surface area contributed by atoms with E-state index in [2.05, 4.69) is 0 Å². The van der Waals surface area contributed by atoms with Gasteiger partial charge in [0.05, 0.1) is 4.90 Å². The zero-order chi connectivity index (χ0) is 12.3. The molecule has 0 amide bonds. The van der Waals surface area contributed by atoms with Crippen LogP contribution >= 0.6 is 11.6 Å². The molecule has 0 saturated heterocycles. The molecule has 0 aromatic heterocycles. The van der Waals surface area contributed by atoms with Crippen LogP contribution in [-0.2, 0) is 10.0 Å². The molecule has 0 atom stereocenters. The molecule has 1 aromatic carbocycles. The first-order valence-electron chi connectivity index (χ1n) is 4.99. The van der Waals surface area contributed by atoms with E-state index in [4.69, 9.17) is 11.6 Å². The Morgan fingerprint density at radius 2 is 1.88 bits per heavy atom. The zero-order valence-electron chi connectivity index (χ0n) is 9.70. The monoisotopic (exact) mass is 261 g/mol. The standard InChI is InChI=1S/C11H16ClNO2S/c1-9-4-5-11(8-10(9)2)16(14,15)13(3)7-6-12/h4-5,8H,6-7H2,1-3H3. The van der Waals surface area contributed by atoms with Crippen molar-refractivity contribution in [2.45, 2.75) is 18.7 Å². The molecule has 1 aromatic rings. The van der Waals surface area contributed by atoms with Crippen LogP contribution in [0.3, 0.4) is 0 Å². The maximum absolute atomic E-state index is 12.1. The van der Waals surface area contributed by atoms with Crippen molar-refractivity contribution in [1.29, 1.82) is 0 Å². The topological polar surface area (TPSA) is 37.4 Å². The number of hydrogen-bond donors (Lipinski definition) is 0. The van der Waals surface area contributed by atoms with Crippen molar-refractivity contribution < 1.29 is 8.42 Å². The van der Waals surface area contributed by atoms with Crippen molar-refractivity contribution in [3.05, 3.63) is 29.3 Å². The molecule has 3 nitrogen and oxygen atoms in total. The van der Waals surface area contributed by atoms with Crippen molar-refractivity contribution in [2.24, 2.45) is 0 Å². The minimum absolute atomic E-state index is 0.292. The summed E-state index contributed by atoms with van der Waals surface area (Å²) in [6, 6.07) is 5.13. The number of alkyl halides is 1. The molecule has 1 rings (SSSR count).